The molecular formula is C16H20Cl2N4O. The number of hydrogen-bond donors (Lipinski definition) is 2. The summed E-state index contributed by atoms with van der Waals surface area (Å²) in [5, 5.41) is 3.08. The van der Waals surface area contributed by atoms with Gasteiger partial charge in [0.05, 0.1) is 11.2 Å². The minimum atomic E-state index is -0.287. The van der Waals surface area contributed by atoms with Gasteiger partial charge in [0.1, 0.15) is 11.5 Å². The number of carbonyl (C=O) groups excluding carboxylic acids is 1. The number of benzene rings is 1. The van der Waals surface area contributed by atoms with Gasteiger partial charge in [-0.1, -0.05) is 37.6 Å². The maximum absolute atomic E-state index is 12.2. The van der Waals surface area contributed by atoms with Crippen LogP contribution in [0.5, 0.6) is 0 Å². The topological polar surface area (TPSA) is 80.9 Å². The highest BCUT2D eigenvalue weighted by Gasteiger charge is 2.15. The molecule has 0 bridgehead atoms. The summed E-state index contributed by atoms with van der Waals surface area (Å²) in [6.45, 7) is 4.43. The average molecular weight is 355 g/mol. The number of halogens is 2. The molecule has 0 radical (unpaired) electrons. The zero-order valence-corrected chi connectivity index (χ0v) is 14.6. The summed E-state index contributed by atoms with van der Waals surface area (Å²) >= 11 is 6.01. The second kappa shape index (κ2) is 8.70. The Morgan fingerprint density at radius 2 is 1.96 bits per heavy atom. The molecule has 1 amide bonds. The molecule has 0 aliphatic carbocycles. The Hall–Kier alpha value is -1.85. The van der Waals surface area contributed by atoms with Gasteiger partial charge in [-0.05, 0) is 24.1 Å². The molecule has 0 aliphatic rings. The van der Waals surface area contributed by atoms with Crippen LogP contribution in [0.2, 0.25) is 5.02 Å². The average Bonchev–Trinajstić information content (AvgIpc) is 2.49. The van der Waals surface area contributed by atoms with Gasteiger partial charge >= 0.3 is 0 Å². The van der Waals surface area contributed by atoms with Gasteiger partial charge < -0.3 is 11.1 Å². The summed E-state index contributed by atoms with van der Waals surface area (Å²) in [6, 6.07) is 7.56. The molecule has 3 N–H and O–H groups in total. The molecule has 2 aromatic rings. The van der Waals surface area contributed by atoms with Crippen molar-refractivity contribution < 1.29 is 4.79 Å². The van der Waals surface area contributed by atoms with Crippen LogP contribution in [-0.4, -0.2) is 22.4 Å². The van der Waals surface area contributed by atoms with Crippen molar-refractivity contribution in [2.75, 3.05) is 12.3 Å². The van der Waals surface area contributed by atoms with Crippen molar-refractivity contribution in [3.63, 3.8) is 0 Å². The fourth-order valence-corrected chi connectivity index (χ4v) is 2.08. The van der Waals surface area contributed by atoms with Crippen molar-refractivity contribution in [2.45, 2.75) is 26.2 Å². The van der Waals surface area contributed by atoms with Crippen LogP contribution in [0.25, 0.3) is 0 Å². The van der Waals surface area contributed by atoms with Gasteiger partial charge in [-0.25, -0.2) is 9.97 Å². The van der Waals surface area contributed by atoms with Crippen LogP contribution in [0.3, 0.4) is 0 Å². The van der Waals surface area contributed by atoms with Crippen LogP contribution in [0, 0.1) is 0 Å². The molecule has 2 rings (SSSR count). The van der Waals surface area contributed by atoms with Crippen LogP contribution < -0.4 is 11.1 Å². The molecule has 0 spiro atoms. The van der Waals surface area contributed by atoms with Gasteiger partial charge in [0, 0.05) is 18.2 Å². The van der Waals surface area contributed by atoms with Crippen molar-refractivity contribution in [3.05, 3.63) is 52.6 Å². The zero-order chi connectivity index (χ0) is 16.1. The van der Waals surface area contributed by atoms with Gasteiger partial charge in [-0.15, -0.1) is 12.4 Å². The second-order valence-electron chi connectivity index (χ2n) is 5.33. The molecule has 23 heavy (non-hydrogen) atoms. The van der Waals surface area contributed by atoms with E-state index >= 15 is 0 Å². The van der Waals surface area contributed by atoms with Crippen molar-refractivity contribution in [1.82, 2.24) is 15.3 Å². The second-order valence-corrected chi connectivity index (χ2v) is 5.73. The maximum atomic E-state index is 12.2. The summed E-state index contributed by atoms with van der Waals surface area (Å²) in [4.78, 5) is 20.5. The van der Waals surface area contributed by atoms with Crippen LogP contribution in [0.15, 0.2) is 30.5 Å². The summed E-state index contributed by atoms with van der Waals surface area (Å²) < 4.78 is 0. The molecule has 0 saturated heterocycles. The number of nitrogens with two attached hydrogens (primary N) is 1. The van der Waals surface area contributed by atoms with E-state index in [0.29, 0.717) is 18.8 Å². The number of rotatable bonds is 5. The Kier molecular flexibility index (Phi) is 7.26. The predicted octanol–water partition coefficient (Wildman–Crippen LogP) is 3.23. The molecule has 0 aliphatic heterocycles. The van der Waals surface area contributed by atoms with Crippen molar-refractivity contribution >= 4 is 35.6 Å². The lowest BCUT2D eigenvalue weighted by atomic mass is 10.1. The number of anilines is 1. The Bertz CT molecular complexity index is 660. The number of nitrogen functional groups attached to an aromatic ring is 1. The minimum absolute atomic E-state index is 0. The highest BCUT2D eigenvalue weighted by molar-refractivity contribution is 6.33. The zero-order valence-electron chi connectivity index (χ0n) is 13.0. The fourth-order valence-electron chi connectivity index (χ4n) is 1.91. The van der Waals surface area contributed by atoms with E-state index in [0.717, 1.165) is 11.3 Å². The third-order valence-electron chi connectivity index (χ3n) is 3.17. The van der Waals surface area contributed by atoms with E-state index in [2.05, 4.69) is 15.3 Å². The van der Waals surface area contributed by atoms with E-state index in [1.165, 1.54) is 6.20 Å². The van der Waals surface area contributed by atoms with E-state index < -0.39 is 0 Å². The number of aromatic nitrogens is 2. The van der Waals surface area contributed by atoms with Crippen LogP contribution in [0.4, 0.5) is 5.69 Å². The first kappa shape index (κ1) is 19.2. The number of carbonyl (C=O) groups is 1. The maximum Gasteiger partial charge on any atom is 0.271 e. The number of amides is 1. The number of hydrogen-bond acceptors (Lipinski definition) is 4. The van der Waals surface area contributed by atoms with Gasteiger partial charge in [-0.3, -0.25) is 4.79 Å². The summed E-state index contributed by atoms with van der Waals surface area (Å²) in [7, 11) is 0. The highest BCUT2D eigenvalue weighted by Crippen LogP contribution is 2.16. The molecule has 1 aromatic carbocycles. The predicted molar refractivity (Wildman–Crippen MR) is 95.3 cm³/mol. The quantitative estimate of drug-likeness (QED) is 0.807. The molecule has 5 nitrogen and oxygen atoms in total. The Morgan fingerprint density at radius 3 is 2.57 bits per heavy atom. The van der Waals surface area contributed by atoms with Gasteiger partial charge in [0.25, 0.3) is 5.91 Å². The third-order valence-corrected chi connectivity index (χ3v) is 3.45. The molecule has 0 unspecified atom stereocenters. The molecule has 1 aromatic heterocycles. The molecule has 7 heteroatoms. The van der Waals surface area contributed by atoms with Crippen LogP contribution >= 0.6 is 24.0 Å². The highest BCUT2D eigenvalue weighted by atomic mass is 35.5. The Labute approximate surface area is 147 Å². The van der Waals surface area contributed by atoms with E-state index in [1.54, 1.807) is 0 Å². The van der Waals surface area contributed by atoms with Crippen molar-refractivity contribution in [3.8, 4) is 0 Å². The third kappa shape index (κ3) is 5.37. The summed E-state index contributed by atoms with van der Waals surface area (Å²) in [5.41, 5.74) is 7.68. The van der Waals surface area contributed by atoms with Crippen molar-refractivity contribution in [1.29, 1.82) is 0 Å². The van der Waals surface area contributed by atoms with Gasteiger partial charge in [0.15, 0.2) is 0 Å². The summed E-state index contributed by atoms with van der Waals surface area (Å²) in [5.74, 6) is 0.455. The standard InChI is InChI=1S/C16H19ClN4O.ClH/c1-10(2)15-20-9-13(17)14(21-15)16(22)19-8-7-11-3-5-12(18)6-4-11;/h3-6,9-10H,7-8,18H2,1-2H3,(H,19,22);1H. The van der Waals surface area contributed by atoms with E-state index in [4.69, 9.17) is 17.3 Å². The monoisotopic (exact) mass is 354 g/mol. The fraction of sp³-hybridized carbons (Fsp3) is 0.312. The van der Waals surface area contributed by atoms with E-state index in [9.17, 15) is 4.79 Å². The smallest absolute Gasteiger partial charge is 0.271 e. The van der Waals surface area contributed by atoms with Crippen molar-refractivity contribution in [2.24, 2.45) is 0 Å². The lowest BCUT2D eigenvalue weighted by Crippen LogP contribution is -2.27. The minimum Gasteiger partial charge on any atom is -0.399 e. The van der Waals surface area contributed by atoms with Crippen LogP contribution in [-0.2, 0) is 6.42 Å². The van der Waals surface area contributed by atoms with Crippen LogP contribution in [0.1, 0.15) is 41.6 Å². The SMILES string of the molecule is CC(C)c1ncc(Cl)c(C(=O)NCCc2ccc(N)cc2)n1.Cl. The molecular weight excluding hydrogens is 335 g/mol. The Balaban J connectivity index is 0.00000264. The largest absolute Gasteiger partial charge is 0.399 e. The number of nitrogens with zero attached hydrogens (tertiary/aromatic N) is 2. The lowest BCUT2D eigenvalue weighted by Gasteiger charge is -2.09. The molecule has 0 saturated carbocycles. The Morgan fingerprint density at radius 1 is 1.30 bits per heavy atom. The van der Waals surface area contributed by atoms with Gasteiger partial charge in [-0.2, -0.15) is 0 Å². The lowest BCUT2D eigenvalue weighted by molar-refractivity contribution is 0.0949. The first-order chi connectivity index (χ1) is 10.5. The first-order valence-corrected chi connectivity index (χ1v) is 7.50. The molecule has 0 fully saturated rings. The normalized spacial score (nSPS) is 10.3. The first-order valence-electron chi connectivity index (χ1n) is 7.12. The molecule has 1 heterocycles. The van der Waals surface area contributed by atoms with Gasteiger partial charge in [0.2, 0.25) is 0 Å². The van der Waals surface area contributed by atoms with E-state index in [-0.39, 0.29) is 34.9 Å². The summed E-state index contributed by atoms with van der Waals surface area (Å²) in [6.07, 6.45) is 2.19. The molecule has 124 valence electrons. The molecule has 0 atom stereocenters. The van der Waals surface area contributed by atoms with E-state index in [1.807, 2.05) is 38.1 Å². The number of nitrogens with one attached hydrogen (secondary N) is 1.